The quantitative estimate of drug-likeness (QED) is 0.769. The van der Waals surface area contributed by atoms with Crippen molar-refractivity contribution in [1.82, 2.24) is 0 Å². The lowest BCUT2D eigenvalue weighted by Gasteiger charge is -2.21. The monoisotopic (exact) mass is 235 g/mol. The number of aliphatic hydroxyl groups excluding tert-OH is 1. The van der Waals surface area contributed by atoms with Crippen LogP contribution in [0.3, 0.4) is 0 Å². The van der Waals surface area contributed by atoms with Crippen LogP contribution in [0.1, 0.15) is 31.9 Å². The lowest BCUT2D eigenvalue weighted by atomic mass is 10.0. The van der Waals surface area contributed by atoms with Gasteiger partial charge in [-0.2, -0.15) is 0 Å². The molecule has 1 fully saturated rings. The maximum absolute atomic E-state index is 9.98. The minimum Gasteiger partial charge on any atom is -0.388 e. The lowest BCUT2D eigenvalue weighted by Crippen LogP contribution is -2.21. The van der Waals surface area contributed by atoms with Crippen molar-refractivity contribution in [3.05, 3.63) is 29.8 Å². The average molecular weight is 235 g/mol. The van der Waals surface area contributed by atoms with Gasteiger partial charge in [0.05, 0.1) is 18.8 Å². The topological polar surface area (TPSA) is 36.0 Å². The summed E-state index contributed by atoms with van der Waals surface area (Å²) in [5.41, 5.74) is 2.20. The molecule has 1 aromatic carbocycles. The number of hydrogen-bond donors (Lipinski definition) is 1. The highest BCUT2D eigenvalue weighted by molar-refractivity contribution is 5.47. The molecule has 0 aliphatic carbocycles. The first-order chi connectivity index (χ1) is 8.24. The van der Waals surface area contributed by atoms with E-state index in [0.717, 1.165) is 25.3 Å². The van der Waals surface area contributed by atoms with E-state index in [-0.39, 0.29) is 6.10 Å². The maximum atomic E-state index is 9.98. The van der Waals surface area contributed by atoms with Gasteiger partial charge in [0.15, 0.2) is 0 Å². The van der Waals surface area contributed by atoms with Crippen LogP contribution in [0.4, 0.5) is 5.69 Å². The maximum Gasteiger partial charge on any atom is 0.0837 e. The second-order valence-electron chi connectivity index (χ2n) is 4.47. The van der Waals surface area contributed by atoms with Crippen molar-refractivity contribution in [2.45, 2.75) is 32.5 Å². The average Bonchev–Trinajstić information content (AvgIpc) is 3.15. The zero-order valence-corrected chi connectivity index (χ0v) is 10.6. The van der Waals surface area contributed by atoms with Crippen LogP contribution in [0.25, 0.3) is 0 Å². The van der Waals surface area contributed by atoms with Gasteiger partial charge in [0.2, 0.25) is 0 Å². The smallest absolute Gasteiger partial charge is 0.0837 e. The molecule has 0 aromatic heterocycles. The van der Waals surface area contributed by atoms with Crippen LogP contribution >= 0.6 is 0 Å². The molecule has 2 rings (SSSR count). The summed E-state index contributed by atoms with van der Waals surface area (Å²) in [5.74, 6) is 0. The van der Waals surface area contributed by atoms with Crippen molar-refractivity contribution in [3.8, 4) is 0 Å². The van der Waals surface area contributed by atoms with Gasteiger partial charge in [-0.3, -0.25) is 0 Å². The molecule has 1 saturated heterocycles. The van der Waals surface area contributed by atoms with E-state index in [1.54, 1.807) is 0 Å². The van der Waals surface area contributed by atoms with Gasteiger partial charge < -0.3 is 14.7 Å². The third kappa shape index (κ3) is 3.20. The summed E-state index contributed by atoms with van der Waals surface area (Å²) >= 11 is 0. The third-order valence-corrected chi connectivity index (χ3v) is 3.29. The Labute approximate surface area is 103 Å². The summed E-state index contributed by atoms with van der Waals surface area (Å²) < 4.78 is 5.13. The highest BCUT2D eigenvalue weighted by Gasteiger charge is 2.26. The summed E-state index contributed by atoms with van der Waals surface area (Å²) in [6.45, 7) is 7.12. The molecule has 0 amide bonds. The van der Waals surface area contributed by atoms with E-state index in [9.17, 15) is 5.11 Å². The molecule has 17 heavy (non-hydrogen) atoms. The normalized spacial score (nSPS) is 20.1. The highest BCUT2D eigenvalue weighted by Crippen LogP contribution is 2.26. The molecular formula is C14H21NO2. The summed E-state index contributed by atoms with van der Waals surface area (Å²) in [5, 5.41) is 9.98. The number of nitrogens with zero attached hydrogens (tertiary/aromatic N) is 1. The molecule has 94 valence electrons. The number of rotatable bonds is 6. The van der Waals surface area contributed by atoms with Crippen LogP contribution < -0.4 is 4.90 Å². The van der Waals surface area contributed by atoms with E-state index in [1.165, 1.54) is 5.69 Å². The Morgan fingerprint density at radius 1 is 1.29 bits per heavy atom. The molecule has 3 heteroatoms. The fourth-order valence-corrected chi connectivity index (χ4v) is 2.09. The Morgan fingerprint density at radius 3 is 2.35 bits per heavy atom. The second kappa shape index (κ2) is 5.52. The molecule has 0 spiro atoms. The van der Waals surface area contributed by atoms with Crippen molar-refractivity contribution >= 4 is 5.69 Å². The number of benzene rings is 1. The molecule has 0 radical (unpaired) electrons. The molecule has 0 bridgehead atoms. The van der Waals surface area contributed by atoms with Crippen LogP contribution in [-0.4, -0.2) is 30.9 Å². The lowest BCUT2D eigenvalue weighted by molar-refractivity contribution is 0.154. The first-order valence-electron chi connectivity index (χ1n) is 6.39. The van der Waals surface area contributed by atoms with Crippen molar-refractivity contribution in [2.24, 2.45) is 0 Å². The van der Waals surface area contributed by atoms with E-state index in [4.69, 9.17) is 4.74 Å². The number of aliphatic hydroxyl groups is 1. The molecule has 2 unspecified atom stereocenters. The first-order valence-corrected chi connectivity index (χ1v) is 6.39. The van der Waals surface area contributed by atoms with E-state index >= 15 is 0 Å². The van der Waals surface area contributed by atoms with Gasteiger partial charge in [-0.15, -0.1) is 0 Å². The standard InChI is InChI=1S/C14H21NO2/c1-3-15(4-2)12-7-5-11(6-8-12)14(16)9-13-10-17-13/h5-8,13-14,16H,3-4,9-10H2,1-2H3. The Hall–Kier alpha value is -1.06. The molecule has 1 aliphatic heterocycles. The van der Waals surface area contributed by atoms with Crippen LogP contribution in [0.15, 0.2) is 24.3 Å². The second-order valence-corrected chi connectivity index (χ2v) is 4.47. The number of hydrogen-bond acceptors (Lipinski definition) is 3. The fourth-order valence-electron chi connectivity index (χ4n) is 2.09. The van der Waals surface area contributed by atoms with Crippen LogP contribution in [0.2, 0.25) is 0 Å². The minimum absolute atomic E-state index is 0.271. The van der Waals surface area contributed by atoms with Crippen molar-refractivity contribution in [3.63, 3.8) is 0 Å². The van der Waals surface area contributed by atoms with Crippen LogP contribution in [0.5, 0.6) is 0 Å². The Balaban J connectivity index is 2.00. The van der Waals surface area contributed by atoms with Crippen molar-refractivity contribution in [2.75, 3.05) is 24.6 Å². The minimum atomic E-state index is -0.395. The third-order valence-electron chi connectivity index (χ3n) is 3.29. The number of anilines is 1. The number of ether oxygens (including phenoxy) is 1. The predicted molar refractivity (Wildman–Crippen MR) is 69.3 cm³/mol. The highest BCUT2D eigenvalue weighted by atomic mass is 16.6. The van der Waals surface area contributed by atoms with Crippen molar-refractivity contribution in [1.29, 1.82) is 0 Å². The predicted octanol–water partition coefficient (Wildman–Crippen LogP) is 2.36. The van der Waals surface area contributed by atoms with Gasteiger partial charge in [-0.25, -0.2) is 0 Å². The van der Waals surface area contributed by atoms with Gasteiger partial charge >= 0.3 is 0 Å². The molecular weight excluding hydrogens is 214 g/mol. The molecule has 1 aromatic rings. The fraction of sp³-hybridized carbons (Fsp3) is 0.571. The molecule has 2 atom stereocenters. The molecule has 0 saturated carbocycles. The summed E-state index contributed by atoms with van der Waals surface area (Å²) in [6.07, 6.45) is 0.589. The van der Waals surface area contributed by atoms with Crippen molar-refractivity contribution < 1.29 is 9.84 Å². The van der Waals surface area contributed by atoms with Gasteiger partial charge in [0.25, 0.3) is 0 Å². The molecule has 1 aliphatic rings. The summed E-state index contributed by atoms with van der Waals surface area (Å²) in [4.78, 5) is 2.29. The Morgan fingerprint density at radius 2 is 1.88 bits per heavy atom. The Bertz CT molecular complexity index is 342. The summed E-state index contributed by atoms with van der Waals surface area (Å²) in [7, 11) is 0. The van der Waals surface area contributed by atoms with Crippen LogP contribution in [-0.2, 0) is 4.74 Å². The Kier molecular flexibility index (Phi) is 4.02. The van der Waals surface area contributed by atoms with Gasteiger partial charge in [-0.1, -0.05) is 12.1 Å². The van der Waals surface area contributed by atoms with Crippen LogP contribution in [0, 0.1) is 0 Å². The molecule has 1 heterocycles. The molecule has 3 nitrogen and oxygen atoms in total. The first kappa shape index (κ1) is 12.4. The summed E-state index contributed by atoms with van der Waals surface area (Å²) in [6, 6.07) is 8.19. The zero-order valence-electron chi connectivity index (χ0n) is 10.6. The number of epoxide rings is 1. The SMILES string of the molecule is CCN(CC)c1ccc(C(O)CC2CO2)cc1. The van der Waals surface area contributed by atoms with Gasteiger partial charge in [-0.05, 0) is 31.5 Å². The largest absolute Gasteiger partial charge is 0.388 e. The van der Waals surface area contributed by atoms with Gasteiger partial charge in [0.1, 0.15) is 0 Å². The van der Waals surface area contributed by atoms with Gasteiger partial charge in [0, 0.05) is 25.2 Å². The van der Waals surface area contributed by atoms with E-state index < -0.39 is 6.10 Å². The van der Waals surface area contributed by atoms with E-state index in [2.05, 4.69) is 30.9 Å². The van der Waals surface area contributed by atoms with E-state index in [1.807, 2.05) is 12.1 Å². The van der Waals surface area contributed by atoms with E-state index in [0.29, 0.717) is 6.42 Å². The molecule has 1 N–H and O–H groups in total. The zero-order chi connectivity index (χ0) is 12.3.